The molecule has 2 aromatic rings. The minimum absolute atomic E-state index is 0.150. The molecule has 0 bridgehead atoms. The quantitative estimate of drug-likeness (QED) is 0.767. The Labute approximate surface area is 110 Å². The number of nitrogens with zero attached hydrogens (tertiary/aromatic N) is 5. The molecule has 3 rings (SSSR count). The van der Waals surface area contributed by atoms with E-state index in [1.54, 1.807) is 16.8 Å². The molecule has 0 aromatic carbocycles. The maximum absolute atomic E-state index is 5.80. The minimum Gasteiger partial charge on any atom is -0.458 e. The van der Waals surface area contributed by atoms with Gasteiger partial charge in [-0.1, -0.05) is 11.6 Å². The Bertz CT molecular complexity index is 557. The van der Waals surface area contributed by atoms with Gasteiger partial charge in [-0.15, -0.1) is 5.10 Å². The summed E-state index contributed by atoms with van der Waals surface area (Å²) >= 11 is 5.80. The average molecular weight is 268 g/mol. The van der Waals surface area contributed by atoms with Crippen LogP contribution in [0.25, 0.3) is 5.78 Å². The summed E-state index contributed by atoms with van der Waals surface area (Å²) < 4.78 is 7.35. The molecule has 7 heteroatoms. The molecule has 0 aliphatic carbocycles. The Hall–Kier alpha value is -1.40. The van der Waals surface area contributed by atoms with Crippen molar-refractivity contribution >= 4 is 17.4 Å². The molecule has 3 heterocycles. The lowest BCUT2D eigenvalue weighted by Gasteiger charge is -2.28. The van der Waals surface area contributed by atoms with Gasteiger partial charge in [0.05, 0.1) is 0 Å². The van der Waals surface area contributed by atoms with Gasteiger partial charge < -0.3 is 9.64 Å². The van der Waals surface area contributed by atoms with Gasteiger partial charge >= 0.3 is 6.01 Å². The van der Waals surface area contributed by atoms with Gasteiger partial charge in [-0.2, -0.15) is 9.97 Å². The van der Waals surface area contributed by atoms with Crippen molar-refractivity contribution in [1.29, 1.82) is 0 Å². The molecule has 18 heavy (non-hydrogen) atoms. The summed E-state index contributed by atoms with van der Waals surface area (Å²) in [5.74, 6) is 0.460. The second-order valence-electron chi connectivity index (χ2n) is 4.53. The Morgan fingerprint density at radius 3 is 3.17 bits per heavy atom. The second kappa shape index (κ2) is 4.70. The largest absolute Gasteiger partial charge is 0.458 e. The number of fused-ring (bicyclic) bond motifs is 1. The molecule has 96 valence electrons. The molecule has 1 fully saturated rings. The molecule has 2 aromatic heterocycles. The van der Waals surface area contributed by atoms with Crippen LogP contribution in [0.3, 0.4) is 0 Å². The highest BCUT2D eigenvalue weighted by atomic mass is 35.5. The van der Waals surface area contributed by atoms with Crippen LogP contribution in [-0.2, 0) is 0 Å². The fraction of sp³-hybridized carbons (Fsp3) is 0.545. The van der Waals surface area contributed by atoms with Gasteiger partial charge in [0, 0.05) is 12.7 Å². The molecule has 0 spiro atoms. The normalized spacial score (nSPS) is 21.3. The van der Waals surface area contributed by atoms with E-state index in [4.69, 9.17) is 16.3 Å². The van der Waals surface area contributed by atoms with Crippen molar-refractivity contribution in [2.75, 3.05) is 20.1 Å². The van der Waals surface area contributed by atoms with Gasteiger partial charge in [-0.3, -0.25) is 0 Å². The Kier molecular flexibility index (Phi) is 3.05. The van der Waals surface area contributed by atoms with Crippen LogP contribution in [0.1, 0.15) is 12.8 Å². The van der Waals surface area contributed by atoms with E-state index in [9.17, 15) is 0 Å². The van der Waals surface area contributed by atoms with Gasteiger partial charge in [-0.05, 0) is 32.5 Å². The van der Waals surface area contributed by atoms with E-state index in [1.165, 1.54) is 0 Å². The van der Waals surface area contributed by atoms with Gasteiger partial charge in [0.25, 0.3) is 5.78 Å². The van der Waals surface area contributed by atoms with Gasteiger partial charge in [-0.25, -0.2) is 4.52 Å². The SMILES string of the molecule is CN1CCCC(Oc2nc3nc(Cl)ccn3n2)C1. The van der Waals surface area contributed by atoms with Crippen molar-refractivity contribution in [2.24, 2.45) is 0 Å². The first-order valence-electron chi connectivity index (χ1n) is 5.95. The Balaban J connectivity index is 1.78. The molecule has 1 aliphatic rings. The second-order valence-corrected chi connectivity index (χ2v) is 4.92. The molecular formula is C11H14ClN5O. The highest BCUT2D eigenvalue weighted by molar-refractivity contribution is 6.29. The van der Waals surface area contributed by atoms with Crippen molar-refractivity contribution in [3.8, 4) is 6.01 Å². The number of ether oxygens (including phenoxy) is 1. The lowest BCUT2D eigenvalue weighted by atomic mass is 10.1. The van der Waals surface area contributed by atoms with E-state index in [0.29, 0.717) is 16.9 Å². The molecule has 1 unspecified atom stereocenters. The molecular weight excluding hydrogens is 254 g/mol. The first-order chi connectivity index (χ1) is 8.70. The third kappa shape index (κ3) is 2.39. The van der Waals surface area contributed by atoms with Crippen LogP contribution >= 0.6 is 11.6 Å². The van der Waals surface area contributed by atoms with E-state index in [2.05, 4.69) is 27.0 Å². The van der Waals surface area contributed by atoms with Crippen LogP contribution in [0.2, 0.25) is 5.15 Å². The summed E-state index contributed by atoms with van der Waals surface area (Å²) in [4.78, 5) is 10.5. The van der Waals surface area contributed by atoms with Gasteiger partial charge in [0.2, 0.25) is 0 Å². The summed E-state index contributed by atoms with van der Waals surface area (Å²) in [6.45, 7) is 2.03. The minimum atomic E-state index is 0.150. The van der Waals surface area contributed by atoms with Crippen LogP contribution < -0.4 is 4.74 Å². The van der Waals surface area contributed by atoms with Crippen LogP contribution in [0.4, 0.5) is 0 Å². The summed E-state index contributed by atoms with van der Waals surface area (Å²) in [5.41, 5.74) is 0. The smallest absolute Gasteiger partial charge is 0.338 e. The molecule has 1 aliphatic heterocycles. The summed E-state index contributed by atoms with van der Waals surface area (Å²) in [5, 5.41) is 4.62. The lowest BCUT2D eigenvalue weighted by Crippen LogP contribution is -2.38. The average Bonchev–Trinajstić information content (AvgIpc) is 2.70. The number of likely N-dealkylation sites (tertiary alicyclic amines) is 1. The molecule has 0 amide bonds. The predicted molar refractivity (Wildman–Crippen MR) is 66.9 cm³/mol. The van der Waals surface area contributed by atoms with Crippen LogP contribution in [-0.4, -0.2) is 50.7 Å². The summed E-state index contributed by atoms with van der Waals surface area (Å²) in [7, 11) is 2.09. The number of halogens is 1. The van der Waals surface area contributed by atoms with Gasteiger partial charge in [0.1, 0.15) is 11.3 Å². The zero-order chi connectivity index (χ0) is 12.5. The van der Waals surface area contributed by atoms with Gasteiger partial charge in [0.15, 0.2) is 0 Å². The number of likely N-dealkylation sites (N-methyl/N-ethyl adjacent to an activating group) is 1. The van der Waals surface area contributed by atoms with Crippen molar-refractivity contribution in [2.45, 2.75) is 18.9 Å². The van der Waals surface area contributed by atoms with Crippen molar-refractivity contribution < 1.29 is 4.74 Å². The molecule has 1 atom stereocenters. The number of hydrogen-bond acceptors (Lipinski definition) is 5. The number of hydrogen-bond donors (Lipinski definition) is 0. The van der Waals surface area contributed by atoms with E-state index in [-0.39, 0.29) is 6.10 Å². The third-order valence-corrected chi connectivity index (χ3v) is 3.22. The lowest BCUT2D eigenvalue weighted by molar-refractivity contribution is 0.0957. The van der Waals surface area contributed by atoms with Crippen LogP contribution in [0.5, 0.6) is 6.01 Å². The van der Waals surface area contributed by atoms with Crippen molar-refractivity contribution in [3.63, 3.8) is 0 Å². The number of aromatic nitrogens is 4. The first-order valence-corrected chi connectivity index (χ1v) is 6.32. The summed E-state index contributed by atoms with van der Waals surface area (Å²) in [6, 6.07) is 2.03. The van der Waals surface area contributed by atoms with Crippen LogP contribution in [0, 0.1) is 0 Å². The van der Waals surface area contributed by atoms with Crippen molar-refractivity contribution in [1.82, 2.24) is 24.5 Å². The first kappa shape index (κ1) is 11.7. The fourth-order valence-electron chi connectivity index (χ4n) is 2.15. The highest BCUT2D eigenvalue weighted by Gasteiger charge is 2.20. The monoisotopic (exact) mass is 267 g/mol. The number of rotatable bonds is 2. The Morgan fingerprint density at radius 2 is 2.33 bits per heavy atom. The zero-order valence-corrected chi connectivity index (χ0v) is 10.8. The van der Waals surface area contributed by atoms with E-state index >= 15 is 0 Å². The molecule has 0 N–H and O–H groups in total. The maximum Gasteiger partial charge on any atom is 0.338 e. The zero-order valence-electron chi connectivity index (χ0n) is 10.1. The van der Waals surface area contributed by atoms with Crippen LogP contribution in [0.15, 0.2) is 12.3 Å². The molecule has 0 radical (unpaired) electrons. The van der Waals surface area contributed by atoms with E-state index in [0.717, 1.165) is 25.9 Å². The van der Waals surface area contributed by atoms with Crippen molar-refractivity contribution in [3.05, 3.63) is 17.4 Å². The Morgan fingerprint density at radius 1 is 1.44 bits per heavy atom. The van der Waals surface area contributed by atoms with E-state index in [1.807, 2.05) is 0 Å². The third-order valence-electron chi connectivity index (χ3n) is 3.01. The molecule has 0 saturated carbocycles. The predicted octanol–water partition coefficient (Wildman–Crippen LogP) is 1.25. The topological polar surface area (TPSA) is 55.5 Å². The summed E-state index contributed by atoms with van der Waals surface area (Å²) in [6.07, 6.45) is 4.04. The maximum atomic E-state index is 5.80. The highest BCUT2D eigenvalue weighted by Crippen LogP contribution is 2.15. The molecule has 1 saturated heterocycles. The standard InChI is InChI=1S/C11H14ClN5O/c1-16-5-2-3-8(7-16)18-11-14-10-13-9(12)4-6-17(10)15-11/h4,6,8H,2-3,5,7H2,1H3. The fourth-order valence-corrected chi connectivity index (χ4v) is 2.28. The number of piperidine rings is 1. The molecule has 6 nitrogen and oxygen atoms in total. The van der Waals surface area contributed by atoms with E-state index < -0.39 is 0 Å².